The van der Waals surface area contributed by atoms with Crippen molar-refractivity contribution in [2.45, 2.75) is 26.3 Å². The van der Waals surface area contributed by atoms with Crippen LogP contribution < -0.4 is 0 Å². The highest BCUT2D eigenvalue weighted by Crippen LogP contribution is 2.30. The number of nitrogens with zero attached hydrogens (tertiary/aromatic N) is 3. The summed E-state index contributed by atoms with van der Waals surface area (Å²) in [6.45, 7) is 5.56. The number of pyridine rings is 1. The third-order valence-corrected chi connectivity index (χ3v) is 6.06. The van der Waals surface area contributed by atoms with Crippen LogP contribution in [-0.2, 0) is 4.74 Å². The molecule has 2 heterocycles. The van der Waals surface area contributed by atoms with E-state index in [1.54, 1.807) is 52.3 Å². The molecule has 1 aromatic heterocycles. The summed E-state index contributed by atoms with van der Waals surface area (Å²) >= 11 is 6.49. The third kappa shape index (κ3) is 4.88. The Balaban J connectivity index is 1.56. The van der Waals surface area contributed by atoms with E-state index in [0.29, 0.717) is 48.0 Å². The lowest BCUT2D eigenvalue weighted by molar-refractivity contribution is 0.0414. The number of aromatic hydroxyl groups is 1. The maximum atomic E-state index is 13.3. The molecule has 0 aliphatic carbocycles. The second-order valence-corrected chi connectivity index (χ2v) is 8.58. The summed E-state index contributed by atoms with van der Waals surface area (Å²) in [6.07, 6.45) is 0.441. The summed E-state index contributed by atoms with van der Waals surface area (Å²) in [5, 5.41) is 10.8. The molecule has 33 heavy (non-hydrogen) atoms. The predicted octanol–water partition coefficient (Wildman–Crippen LogP) is 4.95. The maximum Gasteiger partial charge on any atom is 0.409 e. The van der Waals surface area contributed by atoms with E-state index in [-0.39, 0.29) is 23.8 Å². The highest BCUT2D eigenvalue weighted by Gasteiger charge is 2.31. The van der Waals surface area contributed by atoms with Crippen LogP contribution in [-0.4, -0.2) is 64.2 Å². The first-order valence-corrected chi connectivity index (χ1v) is 11.4. The van der Waals surface area contributed by atoms with Crippen molar-refractivity contribution in [3.8, 4) is 17.0 Å². The number of hydrogen-bond acceptors (Lipinski definition) is 5. The molecule has 1 saturated heterocycles. The molecule has 1 atom stereocenters. The van der Waals surface area contributed by atoms with Gasteiger partial charge in [-0.25, -0.2) is 9.78 Å². The van der Waals surface area contributed by atoms with Gasteiger partial charge in [0.1, 0.15) is 5.75 Å². The summed E-state index contributed by atoms with van der Waals surface area (Å²) < 4.78 is 5.22. The van der Waals surface area contributed by atoms with Gasteiger partial charge in [-0.15, -0.1) is 0 Å². The molecule has 1 fully saturated rings. The Morgan fingerprint density at radius 3 is 2.61 bits per heavy atom. The Morgan fingerprint density at radius 1 is 1.15 bits per heavy atom. The molecule has 7 nitrogen and oxygen atoms in total. The Labute approximate surface area is 197 Å². The van der Waals surface area contributed by atoms with Crippen molar-refractivity contribution in [2.24, 2.45) is 0 Å². The van der Waals surface area contributed by atoms with Crippen molar-refractivity contribution in [2.75, 3.05) is 26.2 Å². The summed E-state index contributed by atoms with van der Waals surface area (Å²) in [4.78, 5) is 33.6. The lowest BCUT2D eigenvalue weighted by Gasteiger charge is -2.39. The number of phenols is 1. The first-order chi connectivity index (χ1) is 15.9. The van der Waals surface area contributed by atoms with Crippen LogP contribution in [0.25, 0.3) is 22.2 Å². The van der Waals surface area contributed by atoms with Crippen molar-refractivity contribution in [3.05, 3.63) is 59.1 Å². The molecule has 2 amide bonds. The predicted molar refractivity (Wildman–Crippen MR) is 128 cm³/mol. The number of phenolic OH excluding ortho intramolecular Hbond substituents is 1. The number of carbonyl (C=O) groups excluding carboxylic acids is 2. The van der Waals surface area contributed by atoms with Gasteiger partial charge in [-0.2, -0.15) is 0 Å². The minimum atomic E-state index is -0.331. The molecule has 2 aromatic carbocycles. The molecule has 4 rings (SSSR count). The summed E-state index contributed by atoms with van der Waals surface area (Å²) in [6, 6.07) is 13.7. The number of fused-ring (bicyclic) bond motifs is 1. The first kappa shape index (κ1) is 22.9. The number of hydrogen-bond donors (Lipinski definition) is 1. The highest BCUT2D eigenvalue weighted by atomic mass is 35.5. The number of ether oxygens (including phenoxy) is 1. The van der Waals surface area contributed by atoms with Crippen LogP contribution in [0.2, 0.25) is 5.02 Å². The van der Waals surface area contributed by atoms with E-state index in [9.17, 15) is 14.7 Å². The van der Waals surface area contributed by atoms with E-state index in [1.807, 2.05) is 19.9 Å². The zero-order chi connectivity index (χ0) is 23.5. The van der Waals surface area contributed by atoms with Gasteiger partial charge >= 0.3 is 6.09 Å². The van der Waals surface area contributed by atoms with Crippen LogP contribution in [0.5, 0.6) is 5.75 Å². The lowest BCUT2D eigenvalue weighted by Crippen LogP contribution is -2.55. The van der Waals surface area contributed by atoms with Crippen LogP contribution in [0.1, 0.15) is 30.6 Å². The average Bonchev–Trinajstić information content (AvgIpc) is 2.82. The Kier molecular flexibility index (Phi) is 6.70. The van der Waals surface area contributed by atoms with Crippen molar-refractivity contribution < 1.29 is 19.4 Å². The molecule has 0 saturated carbocycles. The van der Waals surface area contributed by atoms with Gasteiger partial charge in [0.15, 0.2) is 0 Å². The van der Waals surface area contributed by atoms with Gasteiger partial charge in [-0.1, -0.05) is 24.6 Å². The smallest absolute Gasteiger partial charge is 0.409 e. The molecular formula is C25H26ClN3O4. The summed E-state index contributed by atoms with van der Waals surface area (Å²) in [7, 11) is 0. The molecular weight excluding hydrogens is 442 g/mol. The summed E-state index contributed by atoms with van der Waals surface area (Å²) in [5.41, 5.74) is 2.60. The van der Waals surface area contributed by atoms with Crippen molar-refractivity contribution in [1.82, 2.24) is 14.8 Å². The van der Waals surface area contributed by atoms with Gasteiger partial charge in [-0.05, 0) is 55.8 Å². The van der Waals surface area contributed by atoms with Crippen molar-refractivity contribution >= 4 is 34.5 Å². The normalized spacial score (nSPS) is 16.2. The SMILES string of the molecule is CCCOC(=O)N1CCN(C(=O)c2ccc3c(Cl)cc(-c4ccc(O)cc4)nc3c2)C(C)C1. The highest BCUT2D eigenvalue weighted by molar-refractivity contribution is 6.35. The van der Waals surface area contributed by atoms with E-state index in [0.717, 1.165) is 17.4 Å². The molecule has 0 radical (unpaired) electrons. The van der Waals surface area contributed by atoms with Gasteiger partial charge in [0.25, 0.3) is 5.91 Å². The number of amides is 2. The molecule has 1 N–H and O–H groups in total. The molecule has 1 aliphatic rings. The van der Waals surface area contributed by atoms with Crippen LogP contribution in [0.4, 0.5) is 4.79 Å². The van der Waals surface area contributed by atoms with Gasteiger partial charge < -0.3 is 19.6 Å². The Hall–Kier alpha value is -3.32. The van der Waals surface area contributed by atoms with Crippen molar-refractivity contribution in [3.63, 3.8) is 0 Å². The minimum Gasteiger partial charge on any atom is -0.508 e. The maximum absolute atomic E-state index is 13.3. The molecule has 1 aliphatic heterocycles. The first-order valence-electron chi connectivity index (χ1n) is 11.0. The van der Waals surface area contributed by atoms with E-state index in [4.69, 9.17) is 21.3 Å². The minimum absolute atomic E-state index is 0.112. The number of benzene rings is 2. The van der Waals surface area contributed by atoms with Gasteiger partial charge in [-0.3, -0.25) is 4.79 Å². The number of halogens is 1. The van der Waals surface area contributed by atoms with E-state index < -0.39 is 0 Å². The van der Waals surface area contributed by atoms with Crippen LogP contribution in [0.15, 0.2) is 48.5 Å². The van der Waals surface area contributed by atoms with E-state index >= 15 is 0 Å². The number of carbonyl (C=O) groups is 2. The molecule has 1 unspecified atom stereocenters. The van der Waals surface area contributed by atoms with Gasteiger partial charge in [0.2, 0.25) is 0 Å². The quantitative estimate of drug-likeness (QED) is 0.586. The summed E-state index contributed by atoms with van der Waals surface area (Å²) in [5.74, 6) is 0.0605. The largest absolute Gasteiger partial charge is 0.508 e. The number of rotatable bonds is 4. The molecule has 172 valence electrons. The molecule has 0 bridgehead atoms. The number of piperazine rings is 1. The Bertz CT molecular complexity index is 1180. The van der Waals surface area contributed by atoms with Gasteiger partial charge in [0.05, 0.1) is 22.8 Å². The second-order valence-electron chi connectivity index (χ2n) is 8.18. The fourth-order valence-corrected chi connectivity index (χ4v) is 4.23. The topological polar surface area (TPSA) is 83.0 Å². The lowest BCUT2D eigenvalue weighted by atomic mass is 10.1. The van der Waals surface area contributed by atoms with Crippen molar-refractivity contribution in [1.29, 1.82) is 0 Å². The average molecular weight is 468 g/mol. The third-order valence-electron chi connectivity index (χ3n) is 5.75. The van der Waals surface area contributed by atoms with Gasteiger partial charge in [0, 0.05) is 42.2 Å². The zero-order valence-corrected chi connectivity index (χ0v) is 19.4. The zero-order valence-electron chi connectivity index (χ0n) is 18.6. The molecule has 0 spiro atoms. The van der Waals surface area contributed by atoms with E-state index in [1.165, 1.54) is 0 Å². The van der Waals surface area contributed by atoms with Crippen LogP contribution in [0, 0.1) is 0 Å². The molecule has 3 aromatic rings. The van der Waals surface area contributed by atoms with Crippen LogP contribution in [0.3, 0.4) is 0 Å². The standard InChI is InChI=1S/C25H26ClN3O4/c1-3-12-33-25(32)28-10-11-29(16(2)15-28)24(31)18-6-9-20-21(26)14-22(27-23(20)13-18)17-4-7-19(30)8-5-17/h4-9,13-14,16,30H,3,10-12,15H2,1-2H3. The Morgan fingerprint density at radius 2 is 1.91 bits per heavy atom. The second kappa shape index (κ2) is 9.67. The van der Waals surface area contributed by atoms with E-state index in [2.05, 4.69) is 0 Å². The molecule has 8 heteroatoms. The fraction of sp³-hybridized carbons (Fsp3) is 0.320. The number of aromatic nitrogens is 1. The monoisotopic (exact) mass is 467 g/mol. The van der Waals surface area contributed by atoms with Crippen LogP contribution >= 0.6 is 11.6 Å². The fourth-order valence-electron chi connectivity index (χ4n) is 3.97.